The Kier molecular flexibility index (Phi) is 5.26. The molecule has 2 rings (SSSR count). The number of rotatable bonds is 5. The lowest BCUT2D eigenvalue weighted by molar-refractivity contribution is 0.340. The minimum Gasteiger partial charge on any atom is -0.492 e. The van der Waals surface area contributed by atoms with Gasteiger partial charge in [0.1, 0.15) is 11.6 Å². The van der Waals surface area contributed by atoms with Gasteiger partial charge in [0, 0.05) is 22.1 Å². The van der Waals surface area contributed by atoms with Crippen LogP contribution in [-0.2, 0) is 6.54 Å². The summed E-state index contributed by atoms with van der Waals surface area (Å²) < 4.78 is 19.6. The SMILES string of the molecule is CCOc1cc(F)ccc1NCc1cc(Cl)ccc1Br. The molecule has 0 bridgehead atoms. The lowest BCUT2D eigenvalue weighted by Gasteiger charge is -2.13. The Labute approximate surface area is 131 Å². The minimum absolute atomic E-state index is 0.317. The molecular weight excluding hydrogens is 345 g/mol. The fourth-order valence-corrected chi connectivity index (χ4v) is 2.37. The van der Waals surface area contributed by atoms with E-state index in [2.05, 4.69) is 21.2 Å². The topological polar surface area (TPSA) is 21.3 Å². The van der Waals surface area contributed by atoms with Gasteiger partial charge in [0.15, 0.2) is 0 Å². The standard InChI is InChI=1S/C15H14BrClFNO/c1-2-20-15-8-12(18)4-6-14(15)19-9-10-7-11(17)3-5-13(10)16/h3-8,19H,2,9H2,1H3. The molecule has 0 amide bonds. The van der Waals surface area contributed by atoms with E-state index in [0.717, 1.165) is 15.7 Å². The first kappa shape index (κ1) is 15.1. The van der Waals surface area contributed by atoms with E-state index in [4.69, 9.17) is 16.3 Å². The van der Waals surface area contributed by atoms with Crippen molar-refractivity contribution in [1.29, 1.82) is 0 Å². The maximum Gasteiger partial charge on any atom is 0.145 e. The number of hydrogen-bond acceptors (Lipinski definition) is 2. The molecule has 0 radical (unpaired) electrons. The van der Waals surface area contributed by atoms with Gasteiger partial charge in [-0.2, -0.15) is 0 Å². The van der Waals surface area contributed by atoms with Crippen LogP contribution in [-0.4, -0.2) is 6.61 Å². The summed E-state index contributed by atoms with van der Waals surface area (Å²) in [5.41, 5.74) is 1.77. The van der Waals surface area contributed by atoms with Crippen LogP contribution in [0.2, 0.25) is 5.02 Å². The third-order valence-corrected chi connectivity index (χ3v) is 3.73. The van der Waals surface area contributed by atoms with E-state index >= 15 is 0 Å². The Morgan fingerprint density at radius 2 is 2.05 bits per heavy atom. The van der Waals surface area contributed by atoms with Gasteiger partial charge in [-0.25, -0.2) is 4.39 Å². The summed E-state index contributed by atoms with van der Waals surface area (Å²) in [6.07, 6.45) is 0. The van der Waals surface area contributed by atoms with Crippen molar-refractivity contribution in [2.75, 3.05) is 11.9 Å². The molecule has 0 aliphatic heterocycles. The molecule has 0 aliphatic carbocycles. The van der Waals surface area contributed by atoms with Crippen molar-refractivity contribution in [1.82, 2.24) is 0 Å². The molecule has 0 atom stereocenters. The molecule has 2 nitrogen and oxygen atoms in total. The molecule has 106 valence electrons. The lowest BCUT2D eigenvalue weighted by Crippen LogP contribution is -2.03. The van der Waals surface area contributed by atoms with Crippen LogP contribution in [0.1, 0.15) is 12.5 Å². The Morgan fingerprint density at radius 3 is 2.80 bits per heavy atom. The van der Waals surface area contributed by atoms with Crippen LogP contribution in [0.3, 0.4) is 0 Å². The Balaban J connectivity index is 2.16. The maximum atomic E-state index is 13.2. The van der Waals surface area contributed by atoms with E-state index in [9.17, 15) is 4.39 Å². The average molecular weight is 359 g/mol. The molecule has 0 saturated heterocycles. The van der Waals surface area contributed by atoms with Crippen LogP contribution in [0.4, 0.5) is 10.1 Å². The molecule has 2 aromatic rings. The molecule has 0 saturated carbocycles. The first-order valence-corrected chi connectivity index (χ1v) is 7.37. The molecule has 0 spiro atoms. The summed E-state index contributed by atoms with van der Waals surface area (Å²) in [7, 11) is 0. The number of benzene rings is 2. The Hall–Kier alpha value is -1.26. The molecule has 0 heterocycles. The predicted molar refractivity (Wildman–Crippen MR) is 84.0 cm³/mol. The fraction of sp³-hybridized carbons (Fsp3) is 0.200. The van der Waals surface area contributed by atoms with Gasteiger partial charge in [0.2, 0.25) is 0 Å². The second-order valence-corrected chi connectivity index (χ2v) is 5.45. The Bertz CT molecular complexity index is 606. The minimum atomic E-state index is -0.317. The van der Waals surface area contributed by atoms with Gasteiger partial charge in [0.25, 0.3) is 0 Å². The number of ether oxygens (including phenoxy) is 1. The summed E-state index contributed by atoms with van der Waals surface area (Å²) in [4.78, 5) is 0. The highest BCUT2D eigenvalue weighted by Gasteiger charge is 2.06. The van der Waals surface area contributed by atoms with Crippen LogP contribution in [0.25, 0.3) is 0 Å². The number of nitrogens with one attached hydrogen (secondary N) is 1. The first-order chi connectivity index (χ1) is 9.60. The van der Waals surface area contributed by atoms with Gasteiger partial charge >= 0.3 is 0 Å². The molecular formula is C15H14BrClFNO. The van der Waals surface area contributed by atoms with E-state index in [-0.39, 0.29) is 5.82 Å². The van der Waals surface area contributed by atoms with Gasteiger partial charge < -0.3 is 10.1 Å². The predicted octanol–water partition coefficient (Wildman–Crippen LogP) is 5.25. The maximum absolute atomic E-state index is 13.2. The summed E-state index contributed by atoms with van der Waals surface area (Å²) >= 11 is 9.45. The fourth-order valence-electron chi connectivity index (χ4n) is 1.79. The third-order valence-electron chi connectivity index (χ3n) is 2.72. The zero-order valence-corrected chi connectivity index (χ0v) is 13.3. The van der Waals surface area contributed by atoms with Crippen molar-refractivity contribution >= 4 is 33.2 Å². The van der Waals surface area contributed by atoms with Crippen molar-refractivity contribution in [3.8, 4) is 5.75 Å². The second kappa shape index (κ2) is 6.95. The highest BCUT2D eigenvalue weighted by Crippen LogP contribution is 2.27. The second-order valence-electron chi connectivity index (χ2n) is 4.16. The molecule has 2 aromatic carbocycles. The quantitative estimate of drug-likeness (QED) is 0.788. The summed E-state index contributed by atoms with van der Waals surface area (Å²) in [6.45, 7) is 2.91. The molecule has 1 N–H and O–H groups in total. The van der Waals surface area contributed by atoms with Crippen LogP contribution in [0.5, 0.6) is 5.75 Å². The number of hydrogen-bond donors (Lipinski definition) is 1. The zero-order chi connectivity index (χ0) is 14.5. The molecule has 5 heteroatoms. The molecule has 0 unspecified atom stereocenters. The molecule has 0 aromatic heterocycles. The lowest BCUT2D eigenvalue weighted by atomic mass is 10.2. The molecule has 20 heavy (non-hydrogen) atoms. The van der Waals surface area contributed by atoms with Crippen molar-refractivity contribution in [3.05, 3.63) is 57.3 Å². The van der Waals surface area contributed by atoms with E-state index in [0.29, 0.717) is 23.9 Å². The van der Waals surface area contributed by atoms with Crippen molar-refractivity contribution in [2.24, 2.45) is 0 Å². The van der Waals surface area contributed by atoms with Gasteiger partial charge in [-0.05, 0) is 42.8 Å². The van der Waals surface area contributed by atoms with Crippen molar-refractivity contribution in [2.45, 2.75) is 13.5 Å². The number of halogens is 3. The summed E-state index contributed by atoms with van der Waals surface area (Å²) in [6, 6.07) is 10.0. The Morgan fingerprint density at radius 1 is 1.25 bits per heavy atom. The first-order valence-electron chi connectivity index (χ1n) is 6.20. The average Bonchev–Trinajstić information content (AvgIpc) is 2.42. The van der Waals surface area contributed by atoms with Crippen LogP contribution in [0.15, 0.2) is 40.9 Å². The van der Waals surface area contributed by atoms with Crippen LogP contribution in [0, 0.1) is 5.82 Å². The molecule has 0 fully saturated rings. The van der Waals surface area contributed by atoms with Gasteiger partial charge in [-0.15, -0.1) is 0 Å². The van der Waals surface area contributed by atoms with E-state index in [1.807, 2.05) is 25.1 Å². The van der Waals surface area contributed by atoms with Gasteiger partial charge in [0.05, 0.1) is 12.3 Å². The monoisotopic (exact) mass is 357 g/mol. The number of anilines is 1. The van der Waals surface area contributed by atoms with E-state index < -0.39 is 0 Å². The van der Waals surface area contributed by atoms with Gasteiger partial charge in [-0.1, -0.05) is 27.5 Å². The van der Waals surface area contributed by atoms with Crippen molar-refractivity contribution < 1.29 is 9.13 Å². The largest absolute Gasteiger partial charge is 0.492 e. The smallest absolute Gasteiger partial charge is 0.145 e. The van der Waals surface area contributed by atoms with Crippen molar-refractivity contribution in [3.63, 3.8) is 0 Å². The molecule has 0 aliphatic rings. The normalized spacial score (nSPS) is 10.4. The highest BCUT2D eigenvalue weighted by atomic mass is 79.9. The van der Waals surface area contributed by atoms with E-state index in [1.165, 1.54) is 12.1 Å². The third kappa shape index (κ3) is 3.87. The van der Waals surface area contributed by atoms with Crippen LogP contribution >= 0.6 is 27.5 Å². The summed E-state index contributed by atoms with van der Waals surface area (Å²) in [5, 5.41) is 3.90. The summed E-state index contributed by atoms with van der Waals surface area (Å²) in [5.74, 6) is 0.189. The zero-order valence-electron chi connectivity index (χ0n) is 10.9. The van der Waals surface area contributed by atoms with E-state index in [1.54, 1.807) is 6.07 Å². The van der Waals surface area contributed by atoms with Gasteiger partial charge in [-0.3, -0.25) is 0 Å². The highest BCUT2D eigenvalue weighted by molar-refractivity contribution is 9.10. The van der Waals surface area contributed by atoms with Crippen LogP contribution < -0.4 is 10.1 Å².